The molecule has 0 radical (unpaired) electrons. The van der Waals surface area contributed by atoms with Gasteiger partial charge in [0.2, 0.25) is 17.7 Å². The van der Waals surface area contributed by atoms with Crippen LogP contribution in [0.4, 0.5) is 4.39 Å². The first-order valence-electron chi connectivity index (χ1n) is 15.2. The first-order chi connectivity index (χ1) is 20.3. The number of nitrogens with zero attached hydrogens (tertiary/aromatic N) is 1. The molecule has 2 heterocycles. The zero-order valence-corrected chi connectivity index (χ0v) is 24.3. The molecule has 11 nitrogen and oxygen atoms in total. The normalized spacial score (nSPS) is 24.2. The lowest BCUT2D eigenvalue weighted by Crippen LogP contribution is -2.58. The quantitative estimate of drug-likeness (QED) is 0.417. The molecule has 2 saturated heterocycles. The summed E-state index contributed by atoms with van der Waals surface area (Å²) < 4.78 is 24.3. The van der Waals surface area contributed by atoms with Gasteiger partial charge in [0.05, 0.1) is 31.4 Å². The Kier molecular flexibility index (Phi) is 12.1. The molecule has 232 valence electrons. The van der Waals surface area contributed by atoms with Crippen LogP contribution < -0.4 is 21.3 Å². The van der Waals surface area contributed by atoms with Gasteiger partial charge in [-0.05, 0) is 62.8 Å². The number of likely N-dealkylation sites (tertiary alicyclic amines) is 1. The highest BCUT2D eigenvalue weighted by molar-refractivity contribution is 5.94. The van der Waals surface area contributed by atoms with Crippen LogP contribution in [0.1, 0.15) is 68.1 Å². The Hall–Kier alpha value is -3.09. The molecule has 1 aromatic carbocycles. The van der Waals surface area contributed by atoms with Crippen molar-refractivity contribution in [1.82, 2.24) is 26.2 Å². The lowest BCUT2D eigenvalue weighted by molar-refractivity contribution is -0.130. The van der Waals surface area contributed by atoms with Crippen LogP contribution in [0.5, 0.6) is 0 Å². The van der Waals surface area contributed by atoms with Crippen molar-refractivity contribution in [3.63, 3.8) is 0 Å². The van der Waals surface area contributed by atoms with E-state index in [1.807, 2.05) is 0 Å². The van der Waals surface area contributed by atoms with Crippen LogP contribution in [0.2, 0.25) is 0 Å². The lowest BCUT2D eigenvalue weighted by atomic mass is 9.83. The second kappa shape index (κ2) is 15.9. The van der Waals surface area contributed by atoms with E-state index >= 15 is 0 Å². The number of hydrogen-bond donors (Lipinski definition) is 4. The highest BCUT2D eigenvalue weighted by Gasteiger charge is 2.39. The van der Waals surface area contributed by atoms with Gasteiger partial charge < -0.3 is 35.6 Å². The fraction of sp³-hybridized carbons (Fsp3) is 0.667. The third-order valence-corrected chi connectivity index (χ3v) is 8.25. The summed E-state index contributed by atoms with van der Waals surface area (Å²) in [7, 11) is 0. The van der Waals surface area contributed by atoms with E-state index < -0.39 is 11.4 Å². The first kappa shape index (κ1) is 31.8. The minimum absolute atomic E-state index is 0.0602. The van der Waals surface area contributed by atoms with Gasteiger partial charge in [-0.15, -0.1) is 0 Å². The summed E-state index contributed by atoms with van der Waals surface area (Å²) in [6, 6.07) is 5.39. The monoisotopic (exact) mass is 589 g/mol. The van der Waals surface area contributed by atoms with Gasteiger partial charge in [0.1, 0.15) is 12.4 Å². The maximum atomic E-state index is 13.3. The maximum Gasteiger partial charge on any atom is 0.253 e. The topological polar surface area (TPSA) is 138 Å². The second-order valence-electron chi connectivity index (χ2n) is 11.5. The van der Waals surface area contributed by atoms with Crippen molar-refractivity contribution >= 4 is 23.6 Å². The Balaban J connectivity index is 1.37. The van der Waals surface area contributed by atoms with Gasteiger partial charge in [0, 0.05) is 44.2 Å². The fourth-order valence-corrected chi connectivity index (χ4v) is 5.92. The van der Waals surface area contributed by atoms with Crippen LogP contribution in [0.25, 0.3) is 0 Å². The van der Waals surface area contributed by atoms with Gasteiger partial charge in [-0.2, -0.15) is 0 Å². The number of carbonyl (C=O) groups excluding carboxylic acids is 4. The molecule has 12 heteroatoms. The van der Waals surface area contributed by atoms with Crippen LogP contribution >= 0.6 is 0 Å². The van der Waals surface area contributed by atoms with Crippen LogP contribution in [-0.2, 0) is 23.9 Å². The van der Waals surface area contributed by atoms with E-state index in [-0.39, 0.29) is 55.9 Å². The number of hydrogen-bond acceptors (Lipinski definition) is 7. The highest BCUT2D eigenvalue weighted by Crippen LogP contribution is 2.27. The third-order valence-electron chi connectivity index (χ3n) is 8.25. The van der Waals surface area contributed by atoms with Crippen LogP contribution in [0, 0.1) is 5.82 Å². The zero-order valence-electron chi connectivity index (χ0n) is 24.3. The van der Waals surface area contributed by atoms with Crippen LogP contribution in [0.3, 0.4) is 0 Å². The van der Waals surface area contributed by atoms with E-state index in [4.69, 9.17) is 9.47 Å². The largest absolute Gasteiger partial charge is 0.377 e. The highest BCUT2D eigenvalue weighted by atomic mass is 19.1. The fourth-order valence-electron chi connectivity index (χ4n) is 5.92. The Morgan fingerprint density at radius 1 is 0.881 bits per heavy atom. The number of amides is 4. The number of nitrogens with one attached hydrogen (secondary N) is 4. The molecule has 42 heavy (non-hydrogen) atoms. The number of ether oxygens (including phenoxy) is 2. The molecule has 4 N–H and O–H groups in total. The molecule has 4 rings (SSSR count). The van der Waals surface area contributed by atoms with E-state index in [0.717, 1.165) is 25.7 Å². The number of benzene rings is 1. The molecule has 4 amide bonds. The summed E-state index contributed by atoms with van der Waals surface area (Å²) in [4.78, 5) is 53.4. The third kappa shape index (κ3) is 9.74. The maximum absolute atomic E-state index is 13.3. The van der Waals surface area contributed by atoms with Crippen molar-refractivity contribution in [3.05, 3.63) is 35.6 Å². The van der Waals surface area contributed by atoms with Crippen LogP contribution in [0.15, 0.2) is 24.3 Å². The molecule has 1 spiro atoms. The molecule has 0 bridgehead atoms. The Labute approximate surface area is 246 Å². The minimum atomic E-state index is -0.837. The second-order valence-corrected chi connectivity index (χ2v) is 11.5. The first-order valence-corrected chi connectivity index (χ1v) is 15.2. The van der Waals surface area contributed by atoms with Gasteiger partial charge in [0.25, 0.3) is 5.91 Å². The molecule has 1 aliphatic carbocycles. The summed E-state index contributed by atoms with van der Waals surface area (Å²) in [5, 5.41) is 12.4. The molecule has 3 aliphatic rings. The predicted octanol–water partition coefficient (Wildman–Crippen LogP) is 1.27. The van der Waals surface area contributed by atoms with Gasteiger partial charge in [-0.1, -0.05) is 12.8 Å². The number of rotatable bonds is 3. The predicted molar refractivity (Wildman–Crippen MR) is 153 cm³/mol. The summed E-state index contributed by atoms with van der Waals surface area (Å²) in [6.45, 7) is 2.09. The molecule has 3 fully saturated rings. The molecular formula is C30H44FN5O6. The van der Waals surface area contributed by atoms with Gasteiger partial charge in [-0.3, -0.25) is 19.2 Å². The molecule has 0 unspecified atom stereocenters. The van der Waals surface area contributed by atoms with E-state index in [1.54, 1.807) is 4.90 Å². The zero-order chi connectivity index (χ0) is 29.8. The minimum Gasteiger partial charge on any atom is -0.377 e. The van der Waals surface area contributed by atoms with E-state index in [1.165, 1.54) is 24.3 Å². The molecular weight excluding hydrogens is 545 g/mol. The van der Waals surface area contributed by atoms with E-state index in [0.29, 0.717) is 70.1 Å². The molecule has 2 aliphatic heterocycles. The summed E-state index contributed by atoms with van der Waals surface area (Å²) in [5.41, 5.74) is -0.449. The van der Waals surface area contributed by atoms with Crippen molar-refractivity contribution < 1.29 is 33.0 Å². The summed E-state index contributed by atoms with van der Waals surface area (Å²) >= 11 is 0. The van der Waals surface area contributed by atoms with Gasteiger partial charge in [-0.25, -0.2) is 4.39 Å². The van der Waals surface area contributed by atoms with Gasteiger partial charge >= 0.3 is 0 Å². The Morgan fingerprint density at radius 2 is 1.60 bits per heavy atom. The molecule has 1 atom stereocenters. The van der Waals surface area contributed by atoms with Crippen molar-refractivity contribution in [2.45, 2.75) is 75.4 Å². The van der Waals surface area contributed by atoms with Crippen LogP contribution in [-0.4, -0.2) is 98.8 Å². The van der Waals surface area contributed by atoms with Crippen molar-refractivity contribution in [3.8, 4) is 0 Å². The summed E-state index contributed by atoms with van der Waals surface area (Å²) in [5.74, 6) is -1.24. The Bertz CT molecular complexity index is 1060. The SMILES string of the molecule is O=C1CC2(CCN(C(=O)c3ccc(F)cc3)CC2)NC(=O)COCCOCCNC(=O)[C@@H](NC2CCCC2)CCCN1. The average molecular weight is 590 g/mol. The smallest absolute Gasteiger partial charge is 0.253 e. The standard InChI is InChI=1S/C30H44FN5O6/c31-23-9-7-22(8-10-23)29(40)36-15-11-30(12-16-36)20-26(37)32-13-3-6-25(34-24-4-1-2-5-24)28(39)33-14-17-41-18-19-42-21-27(38)35-30/h7-10,24-25,34H,1-6,11-21H2,(H,32,37)(H,33,39)(H,35,38)/t25-/m0/s1. The van der Waals surface area contributed by atoms with Crippen molar-refractivity contribution in [2.24, 2.45) is 0 Å². The molecule has 0 aromatic heterocycles. The number of halogens is 1. The number of carbonyl (C=O) groups is 4. The van der Waals surface area contributed by atoms with Crippen molar-refractivity contribution in [2.75, 3.05) is 52.6 Å². The van der Waals surface area contributed by atoms with Crippen molar-refractivity contribution in [1.29, 1.82) is 0 Å². The summed E-state index contributed by atoms with van der Waals surface area (Å²) in [6.07, 6.45) is 6.47. The molecule has 1 aromatic rings. The van der Waals surface area contributed by atoms with Gasteiger partial charge in [0.15, 0.2) is 0 Å². The van der Waals surface area contributed by atoms with E-state index in [9.17, 15) is 23.6 Å². The lowest BCUT2D eigenvalue weighted by Gasteiger charge is -2.42. The number of piperidine rings is 1. The van der Waals surface area contributed by atoms with E-state index in [2.05, 4.69) is 21.3 Å². The average Bonchev–Trinajstić information content (AvgIpc) is 3.49. The Morgan fingerprint density at radius 3 is 2.33 bits per heavy atom. The molecule has 1 saturated carbocycles.